The number of nitrogens with zero attached hydrogens (tertiary/aromatic N) is 1. The first kappa shape index (κ1) is 16.7. The molecule has 0 saturated carbocycles. The van der Waals surface area contributed by atoms with Crippen molar-refractivity contribution in [2.75, 3.05) is 14.2 Å². The molecule has 0 spiro atoms. The molecule has 2 aromatic rings. The van der Waals surface area contributed by atoms with Crippen LogP contribution in [0, 0.1) is 5.82 Å². The zero-order valence-electron chi connectivity index (χ0n) is 12.1. The summed E-state index contributed by atoms with van der Waals surface area (Å²) in [4.78, 5) is 15.2. The van der Waals surface area contributed by atoms with E-state index >= 15 is 0 Å². The molecular weight excluding hydrogens is 318 g/mol. The summed E-state index contributed by atoms with van der Waals surface area (Å²) in [6.45, 7) is 0. The number of carbonyl (C=O) groups is 1. The van der Waals surface area contributed by atoms with Crippen molar-refractivity contribution in [3.8, 4) is 17.0 Å². The summed E-state index contributed by atoms with van der Waals surface area (Å²) < 4.78 is 62.4. The van der Waals surface area contributed by atoms with Crippen LogP contribution in [0.4, 0.5) is 17.6 Å². The SMILES string of the molecule is COC(=O)c1cnc(-c2ccc(OC)cc2F)cc1C(F)(F)F. The van der Waals surface area contributed by atoms with Crippen LogP contribution in [0.1, 0.15) is 15.9 Å². The quantitative estimate of drug-likeness (QED) is 0.636. The molecule has 2 rings (SSSR count). The fraction of sp³-hybridized carbons (Fsp3) is 0.200. The number of pyridine rings is 1. The van der Waals surface area contributed by atoms with E-state index in [9.17, 15) is 22.4 Å². The predicted octanol–water partition coefficient (Wildman–Crippen LogP) is 3.70. The van der Waals surface area contributed by atoms with Gasteiger partial charge in [-0.25, -0.2) is 9.18 Å². The van der Waals surface area contributed by atoms with Crippen molar-refractivity contribution in [3.05, 3.63) is 47.4 Å². The Morgan fingerprint density at radius 3 is 2.39 bits per heavy atom. The molecule has 0 unspecified atom stereocenters. The number of methoxy groups -OCH3 is 2. The molecule has 1 aromatic carbocycles. The average molecular weight is 329 g/mol. The molecule has 0 aliphatic rings. The first-order chi connectivity index (χ1) is 10.8. The predicted molar refractivity (Wildman–Crippen MR) is 72.5 cm³/mol. The van der Waals surface area contributed by atoms with Crippen LogP contribution in [-0.4, -0.2) is 25.2 Å². The largest absolute Gasteiger partial charge is 0.497 e. The maximum absolute atomic E-state index is 14.0. The lowest BCUT2D eigenvalue weighted by Gasteiger charge is -2.13. The Morgan fingerprint density at radius 1 is 1.17 bits per heavy atom. The highest BCUT2D eigenvalue weighted by Crippen LogP contribution is 2.35. The van der Waals surface area contributed by atoms with Crippen molar-refractivity contribution < 1.29 is 31.8 Å². The molecule has 8 heteroatoms. The van der Waals surface area contributed by atoms with Crippen molar-refractivity contribution in [2.24, 2.45) is 0 Å². The van der Waals surface area contributed by atoms with Gasteiger partial charge in [0.25, 0.3) is 0 Å². The van der Waals surface area contributed by atoms with Gasteiger partial charge in [0, 0.05) is 17.8 Å². The Bertz CT molecular complexity index is 744. The van der Waals surface area contributed by atoms with Gasteiger partial charge >= 0.3 is 12.1 Å². The van der Waals surface area contributed by atoms with Crippen LogP contribution in [0.15, 0.2) is 30.5 Å². The normalized spacial score (nSPS) is 11.2. The Hall–Kier alpha value is -2.64. The lowest BCUT2D eigenvalue weighted by Crippen LogP contribution is -2.15. The molecule has 0 aliphatic heterocycles. The lowest BCUT2D eigenvalue weighted by atomic mass is 10.0. The van der Waals surface area contributed by atoms with Gasteiger partial charge in [-0.2, -0.15) is 13.2 Å². The molecule has 0 fully saturated rings. The highest BCUT2D eigenvalue weighted by molar-refractivity contribution is 5.91. The third-order valence-electron chi connectivity index (χ3n) is 3.07. The fourth-order valence-corrected chi connectivity index (χ4v) is 1.94. The summed E-state index contributed by atoms with van der Waals surface area (Å²) in [6.07, 6.45) is -4.10. The minimum atomic E-state index is -4.82. The minimum Gasteiger partial charge on any atom is -0.497 e. The monoisotopic (exact) mass is 329 g/mol. The van der Waals surface area contributed by atoms with Crippen LogP contribution in [0.2, 0.25) is 0 Å². The van der Waals surface area contributed by atoms with E-state index < -0.39 is 29.1 Å². The summed E-state index contributed by atoms with van der Waals surface area (Å²) in [5.74, 6) is -1.75. The first-order valence-corrected chi connectivity index (χ1v) is 6.27. The maximum atomic E-state index is 14.0. The van der Waals surface area contributed by atoms with E-state index in [4.69, 9.17) is 4.74 Å². The molecule has 0 saturated heterocycles. The number of alkyl halides is 3. The topological polar surface area (TPSA) is 48.4 Å². The van der Waals surface area contributed by atoms with Crippen molar-refractivity contribution in [3.63, 3.8) is 0 Å². The number of hydrogen-bond donors (Lipinski definition) is 0. The van der Waals surface area contributed by atoms with Gasteiger partial charge in [-0.15, -0.1) is 0 Å². The van der Waals surface area contributed by atoms with Gasteiger partial charge in [0.05, 0.1) is 31.0 Å². The summed E-state index contributed by atoms with van der Waals surface area (Å²) >= 11 is 0. The van der Waals surface area contributed by atoms with Crippen molar-refractivity contribution in [2.45, 2.75) is 6.18 Å². The summed E-state index contributed by atoms with van der Waals surface area (Å²) in [7, 11) is 2.29. The van der Waals surface area contributed by atoms with Crippen LogP contribution in [0.3, 0.4) is 0 Å². The highest BCUT2D eigenvalue weighted by atomic mass is 19.4. The van der Waals surface area contributed by atoms with E-state index in [1.165, 1.54) is 19.2 Å². The van der Waals surface area contributed by atoms with Crippen LogP contribution in [-0.2, 0) is 10.9 Å². The van der Waals surface area contributed by atoms with Crippen molar-refractivity contribution in [1.82, 2.24) is 4.98 Å². The molecule has 1 heterocycles. The standard InChI is InChI=1S/C15H11F4NO3/c1-22-8-3-4-9(12(16)5-8)13-6-11(15(17,18)19)10(7-20-13)14(21)23-2/h3-7H,1-2H3. The number of ether oxygens (including phenoxy) is 2. The van der Waals surface area contributed by atoms with Gasteiger partial charge in [0.1, 0.15) is 11.6 Å². The zero-order valence-corrected chi connectivity index (χ0v) is 12.1. The molecule has 1 aromatic heterocycles. The highest BCUT2D eigenvalue weighted by Gasteiger charge is 2.36. The molecule has 0 atom stereocenters. The second kappa shape index (κ2) is 6.23. The third kappa shape index (κ3) is 3.41. The molecule has 122 valence electrons. The van der Waals surface area contributed by atoms with E-state index in [0.717, 1.165) is 13.2 Å². The van der Waals surface area contributed by atoms with Crippen LogP contribution in [0.25, 0.3) is 11.3 Å². The van der Waals surface area contributed by atoms with E-state index in [1.54, 1.807) is 0 Å². The third-order valence-corrected chi connectivity index (χ3v) is 3.07. The second-order valence-electron chi connectivity index (χ2n) is 4.45. The molecule has 0 N–H and O–H groups in total. The molecule has 23 heavy (non-hydrogen) atoms. The van der Waals surface area contributed by atoms with Crippen LogP contribution < -0.4 is 4.74 Å². The maximum Gasteiger partial charge on any atom is 0.417 e. The van der Waals surface area contributed by atoms with E-state index in [1.807, 2.05) is 0 Å². The van der Waals surface area contributed by atoms with Crippen LogP contribution >= 0.6 is 0 Å². The van der Waals surface area contributed by atoms with Gasteiger partial charge in [-0.3, -0.25) is 4.98 Å². The van der Waals surface area contributed by atoms with Crippen molar-refractivity contribution in [1.29, 1.82) is 0 Å². The number of esters is 1. The lowest BCUT2D eigenvalue weighted by molar-refractivity contribution is -0.138. The summed E-state index contributed by atoms with van der Waals surface area (Å²) in [5, 5.41) is 0. The molecular formula is C15H11F4NO3. The number of rotatable bonds is 3. The average Bonchev–Trinajstić information content (AvgIpc) is 2.52. The second-order valence-corrected chi connectivity index (χ2v) is 4.45. The molecule has 0 aliphatic carbocycles. The number of hydrogen-bond acceptors (Lipinski definition) is 4. The van der Waals surface area contributed by atoms with Crippen LogP contribution in [0.5, 0.6) is 5.75 Å². The smallest absolute Gasteiger partial charge is 0.417 e. The van der Waals surface area contributed by atoms with E-state index in [2.05, 4.69) is 9.72 Å². The number of halogens is 4. The molecule has 0 radical (unpaired) electrons. The number of carbonyl (C=O) groups excluding carboxylic acids is 1. The first-order valence-electron chi connectivity index (χ1n) is 6.27. The minimum absolute atomic E-state index is 0.146. The summed E-state index contributed by atoms with van der Waals surface area (Å²) in [5.41, 5.74) is -2.39. The number of aromatic nitrogens is 1. The van der Waals surface area contributed by atoms with Gasteiger partial charge < -0.3 is 9.47 Å². The molecule has 0 amide bonds. The Labute approximate surface area is 128 Å². The van der Waals surface area contributed by atoms with Gasteiger partial charge in [-0.05, 0) is 18.2 Å². The zero-order chi connectivity index (χ0) is 17.2. The van der Waals surface area contributed by atoms with Gasteiger partial charge in [0.15, 0.2) is 0 Å². The Balaban J connectivity index is 2.60. The van der Waals surface area contributed by atoms with E-state index in [-0.39, 0.29) is 17.0 Å². The number of benzene rings is 1. The van der Waals surface area contributed by atoms with Gasteiger partial charge in [-0.1, -0.05) is 0 Å². The van der Waals surface area contributed by atoms with Gasteiger partial charge in [0.2, 0.25) is 0 Å². The Morgan fingerprint density at radius 2 is 1.87 bits per heavy atom. The fourth-order valence-electron chi connectivity index (χ4n) is 1.94. The molecule has 0 bridgehead atoms. The summed E-state index contributed by atoms with van der Waals surface area (Å²) in [6, 6.07) is 4.27. The van der Waals surface area contributed by atoms with E-state index in [0.29, 0.717) is 12.3 Å². The van der Waals surface area contributed by atoms with Crippen molar-refractivity contribution >= 4 is 5.97 Å². The molecule has 4 nitrogen and oxygen atoms in total. The Kier molecular flexibility index (Phi) is 4.53.